The number of rotatable bonds is 4. The van der Waals surface area contributed by atoms with Crippen molar-refractivity contribution < 1.29 is 14.3 Å². The maximum Gasteiger partial charge on any atom is 0.332 e. The van der Waals surface area contributed by atoms with Crippen molar-refractivity contribution in [1.82, 2.24) is 4.57 Å². The SMILES string of the molecule is CCOC(=O)/C=c1/s/c(=C(\C#N)C(N)=O)n(-c2ccccc2)c1=O. The standard InChI is InChI=1S/C16H13N3O4S/c1-2-23-13(20)8-12-15(22)19(10-6-4-3-5-7-10)16(24-12)11(9-17)14(18)21/h3-8H,2H2,1H3,(H2,18,21)/b12-8+,16-11+. The van der Waals surface area contributed by atoms with Crippen molar-refractivity contribution in [3.8, 4) is 11.8 Å². The minimum atomic E-state index is -0.953. The van der Waals surface area contributed by atoms with E-state index in [1.54, 1.807) is 43.3 Å². The van der Waals surface area contributed by atoms with E-state index in [0.29, 0.717) is 5.69 Å². The van der Waals surface area contributed by atoms with E-state index in [9.17, 15) is 19.6 Å². The summed E-state index contributed by atoms with van der Waals surface area (Å²) in [5.74, 6) is -1.63. The van der Waals surface area contributed by atoms with E-state index < -0.39 is 17.4 Å². The van der Waals surface area contributed by atoms with Gasteiger partial charge in [-0.15, -0.1) is 11.3 Å². The van der Waals surface area contributed by atoms with Gasteiger partial charge in [0.1, 0.15) is 15.3 Å². The third-order valence-corrected chi connectivity index (χ3v) is 4.04. The van der Waals surface area contributed by atoms with Crippen LogP contribution in [0.1, 0.15) is 6.92 Å². The maximum absolute atomic E-state index is 12.6. The number of carbonyl (C=O) groups is 2. The Hall–Kier alpha value is -3.18. The molecule has 0 atom stereocenters. The van der Waals surface area contributed by atoms with Crippen LogP contribution in [0.5, 0.6) is 0 Å². The van der Waals surface area contributed by atoms with Gasteiger partial charge in [-0.05, 0) is 19.1 Å². The van der Waals surface area contributed by atoms with Crippen molar-refractivity contribution in [2.45, 2.75) is 6.92 Å². The molecule has 1 heterocycles. The first kappa shape index (κ1) is 17.2. The van der Waals surface area contributed by atoms with Gasteiger partial charge in [-0.25, -0.2) is 4.79 Å². The van der Waals surface area contributed by atoms with Crippen LogP contribution in [0.3, 0.4) is 0 Å². The highest BCUT2D eigenvalue weighted by atomic mass is 32.1. The molecule has 24 heavy (non-hydrogen) atoms. The number of hydrogen-bond donors (Lipinski definition) is 1. The molecule has 8 heteroatoms. The predicted molar refractivity (Wildman–Crippen MR) is 88.5 cm³/mol. The van der Waals surface area contributed by atoms with Crippen LogP contribution in [0.2, 0.25) is 0 Å². The minimum absolute atomic E-state index is 0.0429. The molecular weight excluding hydrogens is 330 g/mol. The van der Waals surface area contributed by atoms with E-state index in [4.69, 9.17) is 10.5 Å². The van der Waals surface area contributed by atoms with E-state index in [0.717, 1.165) is 17.4 Å². The van der Waals surface area contributed by atoms with E-state index in [1.807, 2.05) is 0 Å². The predicted octanol–water partition coefficient (Wildman–Crippen LogP) is -0.598. The molecule has 0 aliphatic heterocycles. The molecule has 0 unspecified atom stereocenters. The van der Waals surface area contributed by atoms with Crippen LogP contribution in [-0.4, -0.2) is 23.1 Å². The highest BCUT2D eigenvalue weighted by Gasteiger charge is 2.15. The number of primary amides is 1. The average Bonchev–Trinajstić information content (AvgIpc) is 2.85. The summed E-state index contributed by atoms with van der Waals surface area (Å²) in [6.07, 6.45) is 1.04. The first-order valence-corrected chi connectivity index (χ1v) is 7.71. The van der Waals surface area contributed by atoms with E-state index in [2.05, 4.69) is 0 Å². The Morgan fingerprint density at radius 1 is 1.38 bits per heavy atom. The van der Waals surface area contributed by atoms with Crippen molar-refractivity contribution in [3.63, 3.8) is 0 Å². The van der Waals surface area contributed by atoms with Crippen LogP contribution in [-0.2, 0) is 14.3 Å². The number of benzene rings is 1. The molecule has 0 aliphatic rings. The number of amides is 1. The second-order valence-electron chi connectivity index (χ2n) is 4.50. The van der Waals surface area contributed by atoms with Gasteiger partial charge in [0.05, 0.1) is 12.3 Å². The first-order chi connectivity index (χ1) is 11.5. The third kappa shape index (κ3) is 3.42. The number of esters is 1. The third-order valence-electron chi connectivity index (χ3n) is 2.95. The van der Waals surface area contributed by atoms with Crippen LogP contribution >= 0.6 is 11.3 Å². The number of nitriles is 1. The van der Waals surface area contributed by atoms with Gasteiger partial charge in [-0.3, -0.25) is 14.2 Å². The summed E-state index contributed by atoms with van der Waals surface area (Å²) in [5.41, 5.74) is 4.78. The van der Waals surface area contributed by atoms with Crippen molar-refractivity contribution >= 4 is 34.9 Å². The first-order valence-electron chi connectivity index (χ1n) is 6.89. The summed E-state index contributed by atoms with van der Waals surface area (Å²) < 4.78 is 6.08. The Balaban J connectivity index is 2.91. The van der Waals surface area contributed by atoms with Gasteiger partial charge in [-0.2, -0.15) is 5.26 Å². The number of para-hydroxylation sites is 1. The zero-order chi connectivity index (χ0) is 17.7. The number of carbonyl (C=O) groups excluding carboxylic acids is 2. The molecule has 1 amide bonds. The molecule has 1 aromatic heterocycles. The van der Waals surface area contributed by atoms with Gasteiger partial charge in [0.15, 0.2) is 5.57 Å². The molecule has 1 aromatic carbocycles. The zero-order valence-electron chi connectivity index (χ0n) is 12.7. The largest absolute Gasteiger partial charge is 0.463 e. The Labute approximate surface area is 140 Å². The fourth-order valence-corrected chi connectivity index (χ4v) is 3.03. The smallest absolute Gasteiger partial charge is 0.332 e. The van der Waals surface area contributed by atoms with Gasteiger partial charge in [0.25, 0.3) is 11.5 Å². The zero-order valence-corrected chi connectivity index (χ0v) is 13.5. The molecular formula is C16H13N3O4S. The van der Waals surface area contributed by atoms with Gasteiger partial charge in [0, 0.05) is 6.08 Å². The molecule has 0 bridgehead atoms. The summed E-state index contributed by atoms with van der Waals surface area (Å²) in [6.45, 7) is 1.81. The van der Waals surface area contributed by atoms with Crippen LogP contribution in [0.4, 0.5) is 0 Å². The van der Waals surface area contributed by atoms with Gasteiger partial charge < -0.3 is 10.5 Å². The van der Waals surface area contributed by atoms with E-state index in [-0.39, 0.29) is 21.4 Å². The molecule has 2 N–H and O–H groups in total. The molecule has 0 fully saturated rings. The molecule has 0 saturated heterocycles. The molecule has 0 radical (unpaired) electrons. The molecule has 0 aliphatic carbocycles. The monoisotopic (exact) mass is 343 g/mol. The summed E-state index contributed by atoms with van der Waals surface area (Å²) >= 11 is 0.830. The molecule has 0 spiro atoms. The summed E-state index contributed by atoms with van der Waals surface area (Å²) in [4.78, 5) is 35.8. The molecule has 7 nitrogen and oxygen atoms in total. The number of nitrogens with zero attached hydrogens (tertiary/aromatic N) is 2. The Kier molecular flexibility index (Phi) is 5.29. The summed E-state index contributed by atoms with van der Waals surface area (Å²) in [7, 11) is 0. The van der Waals surface area contributed by atoms with Crippen molar-refractivity contribution in [3.05, 3.63) is 49.9 Å². The highest BCUT2D eigenvalue weighted by Crippen LogP contribution is 2.02. The lowest BCUT2D eigenvalue weighted by Crippen LogP contribution is -2.32. The van der Waals surface area contributed by atoms with Crippen LogP contribution in [0.15, 0.2) is 35.1 Å². The van der Waals surface area contributed by atoms with Crippen molar-refractivity contribution in [1.29, 1.82) is 5.26 Å². The lowest BCUT2D eigenvalue weighted by molar-refractivity contribution is -0.135. The molecule has 122 valence electrons. The Bertz CT molecular complexity index is 997. The number of aromatic nitrogens is 1. The minimum Gasteiger partial charge on any atom is -0.463 e. The molecule has 2 aromatic rings. The number of thiazole rings is 1. The molecule has 0 saturated carbocycles. The van der Waals surface area contributed by atoms with Crippen LogP contribution < -0.4 is 20.5 Å². The maximum atomic E-state index is 12.6. The topological polar surface area (TPSA) is 115 Å². The van der Waals surface area contributed by atoms with Gasteiger partial charge in [-0.1, -0.05) is 18.2 Å². The fourth-order valence-electron chi connectivity index (χ4n) is 1.96. The quantitative estimate of drug-likeness (QED) is 0.745. The lowest BCUT2D eigenvalue weighted by Gasteiger charge is -2.01. The van der Waals surface area contributed by atoms with Gasteiger partial charge >= 0.3 is 5.97 Å². The van der Waals surface area contributed by atoms with Crippen molar-refractivity contribution in [2.24, 2.45) is 5.73 Å². The normalized spacial score (nSPS) is 12.4. The average molecular weight is 343 g/mol. The lowest BCUT2D eigenvalue weighted by atomic mass is 10.3. The van der Waals surface area contributed by atoms with Crippen molar-refractivity contribution in [2.75, 3.05) is 6.61 Å². The fraction of sp³-hybridized carbons (Fsp3) is 0.125. The number of nitrogens with two attached hydrogens (primary N) is 1. The second kappa shape index (κ2) is 7.39. The number of ether oxygens (including phenoxy) is 1. The van der Waals surface area contributed by atoms with E-state index in [1.165, 1.54) is 4.57 Å². The number of hydrogen-bond acceptors (Lipinski definition) is 6. The Morgan fingerprint density at radius 2 is 2.04 bits per heavy atom. The summed E-state index contributed by atoms with van der Waals surface area (Å²) in [5, 5.41) is 9.19. The van der Waals surface area contributed by atoms with Crippen LogP contribution in [0.25, 0.3) is 17.3 Å². The van der Waals surface area contributed by atoms with E-state index >= 15 is 0 Å². The van der Waals surface area contributed by atoms with Crippen LogP contribution in [0, 0.1) is 11.3 Å². The van der Waals surface area contributed by atoms with Gasteiger partial charge in [0.2, 0.25) is 0 Å². The Morgan fingerprint density at radius 3 is 2.58 bits per heavy atom. The summed E-state index contributed by atoms with van der Waals surface area (Å²) in [6, 6.07) is 10.2. The highest BCUT2D eigenvalue weighted by molar-refractivity contribution is 7.07. The molecule has 2 rings (SSSR count). The second-order valence-corrected chi connectivity index (χ2v) is 5.53.